The first-order chi connectivity index (χ1) is 20.3. The number of nitrogens with zero attached hydrogens (tertiary/aromatic N) is 2. The van der Waals surface area contributed by atoms with Gasteiger partial charge in [-0.1, -0.05) is 36.8 Å². The Balaban J connectivity index is 1.86. The zero-order valence-corrected chi connectivity index (χ0v) is 25.6. The van der Waals surface area contributed by atoms with Crippen LogP contribution < -0.4 is 10.6 Å². The molecule has 1 aromatic carbocycles. The third kappa shape index (κ3) is 11.3. The van der Waals surface area contributed by atoms with Gasteiger partial charge in [-0.3, -0.25) is 28.8 Å². The van der Waals surface area contributed by atoms with Crippen LogP contribution in [0.1, 0.15) is 78.2 Å². The van der Waals surface area contributed by atoms with Crippen LogP contribution in [0.25, 0.3) is 0 Å². The Bertz CT molecular complexity index is 1160. The van der Waals surface area contributed by atoms with Crippen molar-refractivity contribution in [2.75, 3.05) is 19.6 Å². The van der Waals surface area contributed by atoms with Gasteiger partial charge in [0.1, 0.15) is 36.9 Å². The summed E-state index contributed by atoms with van der Waals surface area (Å²) < 4.78 is 11.0. The molecule has 1 saturated heterocycles. The average molecular weight is 601 g/mol. The summed E-state index contributed by atoms with van der Waals surface area (Å²) in [5.41, 5.74) is 0.0249. The molecule has 1 saturated carbocycles. The van der Waals surface area contributed by atoms with Crippen LogP contribution >= 0.6 is 0 Å². The maximum atomic E-state index is 13.8. The molecule has 1 aliphatic carbocycles. The van der Waals surface area contributed by atoms with Crippen LogP contribution in [0.2, 0.25) is 0 Å². The van der Waals surface area contributed by atoms with Gasteiger partial charge in [0.25, 0.3) is 0 Å². The van der Waals surface area contributed by atoms with Gasteiger partial charge in [0, 0.05) is 26.4 Å². The van der Waals surface area contributed by atoms with Crippen molar-refractivity contribution in [1.82, 2.24) is 20.4 Å². The van der Waals surface area contributed by atoms with Crippen molar-refractivity contribution >= 4 is 35.6 Å². The van der Waals surface area contributed by atoms with Gasteiger partial charge >= 0.3 is 11.9 Å². The van der Waals surface area contributed by atoms with Gasteiger partial charge in [-0.25, -0.2) is 0 Å². The van der Waals surface area contributed by atoms with E-state index >= 15 is 0 Å². The molecule has 3 rings (SSSR count). The summed E-state index contributed by atoms with van der Waals surface area (Å²) in [6.07, 6.45) is 2.60. The van der Waals surface area contributed by atoms with E-state index in [0.29, 0.717) is 0 Å². The van der Waals surface area contributed by atoms with Crippen LogP contribution in [0.3, 0.4) is 0 Å². The lowest BCUT2D eigenvalue weighted by Crippen LogP contribution is -2.58. The summed E-state index contributed by atoms with van der Waals surface area (Å²) in [5.74, 6) is -3.72. The minimum atomic E-state index is -1.33. The Kier molecular flexibility index (Phi) is 12.1. The molecule has 1 aromatic rings. The van der Waals surface area contributed by atoms with Crippen molar-refractivity contribution in [2.24, 2.45) is 0 Å². The van der Waals surface area contributed by atoms with Gasteiger partial charge in [-0.15, -0.1) is 0 Å². The lowest BCUT2D eigenvalue weighted by Gasteiger charge is -2.36. The number of carbonyl (C=O) groups is 6. The fourth-order valence-corrected chi connectivity index (χ4v) is 5.28. The van der Waals surface area contributed by atoms with E-state index < -0.39 is 66.9 Å². The van der Waals surface area contributed by atoms with Crippen LogP contribution in [0.15, 0.2) is 30.3 Å². The molecular weight excluding hydrogens is 556 g/mol. The summed E-state index contributed by atoms with van der Waals surface area (Å²) in [7, 11) is 0. The molecule has 1 heterocycles. The Labute approximate surface area is 252 Å². The first kappa shape index (κ1) is 33.5. The molecule has 43 heavy (non-hydrogen) atoms. The number of carbonyl (C=O) groups excluding carboxylic acids is 6. The van der Waals surface area contributed by atoms with Crippen LogP contribution in [0, 0.1) is 0 Å². The van der Waals surface area contributed by atoms with Crippen LogP contribution in [-0.2, 0) is 44.7 Å². The first-order valence-corrected chi connectivity index (χ1v) is 14.9. The minimum absolute atomic E-state index is 0.0856. The van der Waals surface area contributed by atoms with Gasteiger partial charge in [0.2, 0.25) is 23.6 Å². The summed E-state index contributed by atoms with van der Waals surface area (Å²) in [6, 6.07) is 7.88. The number of nitrogens with one attached hydrogen (secondary N) is 2. The Morgan fingerprint density at radius 2 is 1.67 bits per heavy atom. The van der Waals surface area contributed by atoms with Crippen molar-refractivity contribution < 1.29 is 38.2 Å². The smallest absolute Gasteiger partial charge is 0.326 e. The second-order valence-corrected chi connectivity index (χ2v) is 12.1. The SMILES string of the molecule is CC(=O)N[C@H](Cc1ccccc1)N1CCN(CC(=O)OC(C)(C)C)C(=O)[C@H](CC(=O)OC2CCCCC2)NC(=O)CC1=O. The van der Waals surface area contributed by atoms with E-state index in [-0.39, 0.29) is 31.5 Å². The highest BCUT2D eigenvalue weighted by molar-refractivity contribution is 6.00. The lowest BCUT2D eigenvalue weighted by molar-refractivity contribution is -0.160. The number of esters is 2. The van der Waals surface area contributed by atoms with E-state index in [4.69, 9.17) is 9.47 Å². The highest BCUT2D eigenvalue weighted by Gasteiger charge is 2.36. The molecule has 12 heteroatoms. The minimum Gasteiger partial charge on any atom is -0.462 e. The molecule has 2 atom stereocenters. The first-order valence-electron chi connectivity index (χ1n) is 14.9. The van der Waals surface area contributed by atoms with Gasteiger partial charge in [-0.2, -0.15) is 0 Å². The Hall–Kier alpha value is -3.96. The predicted molar refractivity (Wildman–Crippen MR) is 156 cm³/mol. The molecule has 0 spiro atoms. The van der Waals surface area contributed by atoms with Crippen LogP contribution in [0.5, 0.6) is 0 Å². The van der Waals surface area contributed by atoms with Crippen LogP contribution in [-0.4, -0.2) is 88.9 Å². The number of hydrogen-bond acceptors (Lipinski definition) is 8. The summed E-state index contributed by atoms with van der Waals surface area (Å²) >= 11 is 0. The number of amides is 4. The molecule has 4 amide bonds. The van der Waals surface area contributed by atoms with E-state index in [2.05, 4.69) is 10.6 Å². The van der Waals surface area contributed by atoms with Crippen molar-refractivity contribution in [3.8, 4) is 0 Å². The normalized spacial score (nSPS) is 19.7. The molecule has 0 unspecified atom stereocenters. The van der Waals surface area contributed by atoms with E-state index in [9.17, 15) is 28.8 Å². The highest BCUT2D eigenvalue weighted by atomic mass is 16.6. The molecule has 0 aromatic heterocycles. The third-order valence-electron chi connectivity index (χ3n) is 7.17. The zero-order chi connectivity index (χ0) is 31.6. The Morgan fingerprint density at radius 3 is 2.30 bits per heavy atom. The molecule has 2 N–H and O–H groups in total. The molecule has 2 aliphatic rings. The van der Waals surface area contributed by atoms with E-state index in [0.717, 1.165) is 37.7 Å². The van der Waals surface area contributed by atoms with E-state index in [1.165, 1.54) is 16.7 Å². The van der Waals surface area contributed by atoms with Crippen LogP contribution in [0.4, 0.5) is 0 Å². The molecular formula is C31H44N4O8. The number of rotatable bonds is 9. The molecule has 0 bridgehead atoms. The fourth-order valence-electron chi connectivity index (χ4n) is 5.28. The van der Waals surface area contributed by atoms with Gasteiger partial charge < -0.3 is 29.9 Å². The third-order valence-corrected chi connectivity index (χ3v) is 7.17. The molecule has 12 nitrogen and oxygen atoms in total. The van der Waals surface area contributed by atoms with Crippen molar-refractivity contribution in [3.05, 3.63) is 35.9 Å². The zero-order valence-electron chi connectivity index (χ0n) is 25.6. The maximum Gasteiger partial charge on any atom is 0.326 e. The number of benzene rings is 1. The van der Waals surface area contributed by atoms with E-state index in [1.807, 2.05) is 30.3 Å². The fraction of sp³-hybridized carbons (Fsp3) is 0.613. The molecule has 2 fully saturated rings. The predicted octanol–water partition coefficient (Wildman–Crippen LogP) is 1.84. The summed E-state index contributed by atoms with van der Waals surface area (Å²) in [5, 5.41) is 5.30. The Morgan fingerprint density at radius 1 is 1.00 bits per heavy atom. The standard InChI is InChI=1S/C31H44N4O8/c1-21(36)32-25(17-22-11-7-5-8-12-22)35-16-15-34(20-29(40)43-31(2,3)4)30(41)24(33-26(37)19-27(35)38)18-28(39)42-23-13-9-6-10-14-23/h5,7-8,11-12,23-25H,6,9-10,13-20H2,1-4H3,(H,32,36)(H,33,37)/t24-,25-/m0/s1. The van der Waals surface area contributed by atoms with Gasteiger partial charge in [0.15, 0.2) is 0 Å². The highest BCUT2D eigenvalue weighted by Crippen LogP contribution is 2.21. The van der Waals surface area contributed by atoms with Crippen molar-refractivity contribution in [1.29, 1.82) is 0 Å². The van der Waals surface area contributed by atoms with Gasteiger partial charge in [0.05, 0.1) is 6.42 Å². The summed E-state index contributed by atoms with van der Waals surface area (Å²) in [4.78, 5) is 80.6. The second-order valence-electron chi connectivity index (χ2n) is 12.1. The van der Waals surface area contributed by atoms with E-state index in [1.54, 1.807) is 20.8 Å². The largest absolute Gasteiger partial charge is 0.462 e. The van der Waals surface area contributed by atoms with Gasteiger partial charge in [-0.05, 0) is 52.0 Å². The number of ether oxygens (including phenoxy) is 2. The quantitative estimate of drug-likeness (QED) is 0.322. The lowest BCUT2D eigenvalue weighted by atomic mass is 9.98. The monoisotopic (exact) mass is 600 g/mol. The second kappa shape index (κ2) is 15.5. The molecule has 236 valence electrons. The summed E-state index contributed by atoms with van der Waals surface area (Å²) in [6.45, 7) is 5.75. The van der Waals surface area contributed by atoms with Crippen molar-refractivity contribution in [2.45, 2.75) is 103 Å². The molecule has 0 radical (unpaired) electrons. The average Bonchev–Trinajstić information content (AvgIpc) is 2.91. The number of hydrogen-bond donors (Lipinski definition) is 2. The topological polar surface area (TPSA) is 151 Å². The van der Waals surface area contributed by atoms with Crippen molar-refractivity contribution in [3.63, 3.8) is 0 Å². The molecule has 1 aliphatic heterocycles. The maximum absolute atomic E-state index is 13.8.